The van der Waals surface area contributed by atoms with Gasteiger partial charge in [-0.25, -0.2) is 4.79 Å². The number of carbonyl (C=O) groups is 2. The first-order chi connectivity index (χ1) is 8.20. The zero-order valence-corrected chi connectivity index (χ0v) is 11.9. The summed E-state index contributed by atoms with van der Waals surface area (Å²) < 4.78 is 10.3. The third kappa shape index (κ3) is 4.94. The SMILES string of the molecule is C[C@@H]1C[C@@H]1C(=O)OCCN(C)C(=O)OC(C)(C)C. The van der Waals surface area contributed by atoms with Gasteiger partial charge in [0.15, 0.2) is 0 Å². The van der Waals surface area contributed by atoms with E-state index in [2.05, 4.69) is 0 Å². The first kappa shape index (κ1) is 14.8. The fourth-order valence-electron chi connectivity index (χ4n) is 1.47. The molecule has 0 spiro atoms. The maximum absolute atomic E-state index is 11.6. The van der Waals surface area contributed by atoms with E-state index in [9.17, 15) is 9.59 Å². The molecule has 0 heterocycles. The molecule has 0 N–H and O–H groups in total. The molecule has 1 fully saturated rings. The minimum absolute atomic E-state index is 0.0665. The second-order valence-electron chi connectivity index (χ2n) is 5.89. The summed E-state index contributed by atoms with van der Waals surface area (Å²) in [5.74, 6) is 0.359. The fourth-order valence-corrected chi connectivity index (χ4v) is 1.47. The van der Waals surface area contributed by atoms with Crippen LogP contribution in [0.25, 0.3) is 0 Å². The van der Waals surface area contributed by atoms with Crippen LogP contribution in [-0.2, 0) is 14.3 Å². The van der Waals surface area contributed by atoms with Gasteiger partial charge < -0.3 is 14.4 Å². The van der Waals surface area contributed by atoms with Gasteiger partial charge in [-0.2, -0.15) is 0 Å². The van der Waals surface area contributed by atoms with Crippen molar-refractivity contribution in [1.29, 1.82) is 0 Å². The summed E-state index contributed by atoms with van der Waals surface area (Å²) in [6.07, 6.45) is 0.513. The Morgan fingerprint density at radius 1 is 1.33 bits per heavy atom. The van der Waals surface area contributed by atoms with Gasteiger partial charge in [0.05, 0.1) is 12.5 Å². The minimum Gasteiger partial charge on any atom is -0.464 e. The highest BCUT2D eigenvalue weighted by Crippen LogP contribution is 2.38. The van der Waals surface area contributed by atoms with Gasteiger partial charge >= 0.3 is 12.1 Å². The van der Waals surface area contributed by atoms with Gasteiger partial charge in [0.1, 0.15) is 12.2 Å². The second kappa shape index (κ2) is 5.59. The fraction of sp³-hybridized carbons (Fsp3) is 0.846. The number of hydrogen-bond acceptors (Lipinski definition) is 4. The summed E-state index contributed by atoms with van der Waals surface area (Å²) in [6.45, 7) is 8.03. The van der Waals surface area contributed by atoms with Crippen molar-refractivity contribution in [2.24, 2.45) is 11.8 Å². The van der Waals surface area contributed by atoms with Crippen molar-refractivity contribution < 1.29 is 19.1 Å². The van der Waals surface area contributed by atoms with E-state index < -0.39 is 11.7 Å². The molecule has 0 bridgehead atoms. The minimum atomic E-state index is -0.508. The molecule has 0 aliphatic heterocycles. The van der Waals surface area contributed by atoms with Gasteiger partial charge in [-0.15, -0.1) is 0 Å². The van der Waals surface area contributed by atoms with Crippen LogP contribution in [0.15, 0.2) is 0 Å². The molecule has 104 valence electrons. The molecular weight excluding hydrogens is 234 g/mol. The van der Waals surface area contributed by atoms with Crippen molar-refractivity contribution in [3.05, 3.63) is 0 Å². The molecule has 0 radical (unpaired) electrons. The Kier molecular flexibility index (Phi) is 4.59. The Balaban J connectivity index is 2.18. The lowest BCUT2D eigenvalue weighted by Crippen LogP contribution is -2.36. The van der Waals surface area contributed by atoms with E-state index >= 15 is 0 Å². The first-order valence-electron chi connectivity index (χ1n) is 6.31. The predicted octanol–water partition coefficient (Wildman–Crippen LogP) is 2.05. The van der Waals surface area contributed by atoms with Crippen molar-refractivity contribution >= 4 is 12.1 Å². The molecular formula is C13H23NO4. The second-order valence-corrected chi connectivity index (χ2v) is 5.89. The molecule has 5 heteroatoms. The van der Waals surface area contributed by atoms with Crippen molar-refractivity contribution in [2.45, 2.75) is 39.7 Å². The number of hydrogen-bond donors (Lipinski definition) is 0. The highest BCUT2D eigenvalue weighted by molar-refractivity contribution is 5.75. The number of carbonyl (C=O) groups excluding carboxylic acids is 2. The lowest BCUT2D eigenvalue weighted by Gasteiger charge is -2.24. The van der Waals surface area contributed by atoms with Crippen LogP contribution in [-0.4, -0.2) is 42.8 Å². The lowest BCUT2D eigenvalue weighted by molar-refractivity contribution is -0.145. The number of likely N-dealkylation sites (N-methyl/N-ethyl adjacent to an activating group) is 1. The average Bonchev–Trinajstić information content (AvgIpc) is 2.92. The number of nitrogens with zero attached hydrogens (tertiary/aromatic N) is 1. The maximum atomic E-state index is 11.6. The van der Waals surface area contributed by atoms with Gasteiger partial charge in [-0.3, -0.25) is 4.79 Å². The highest BCUT2D eigenvalue weighted by atomic mass is 16.6. The Morgan fingerprint density at radius 3 is 2.33 bits per heavy atom. The summed E-state index contributed by atoms with van der Waals surface area (Å²) in [5.41, 5.74) is -0.508. The number of ether oxygens (including phenoxy) is 2. The molecule has 1 aliphatic carbocycles. The summed E-state index contributed by atoms with van der Waals surface area (Å²) in [7, 11) is 1.63. The van der Waals surface area contributed by atoms with Crippen LogP contribution in [0, 0.1) is 11.8 Å². The average molecular weight is 257 g/mol. The molecule has 18 heavy (non-hydrogen) atoms. The van der Waals surface area contributed by atoms with E-state index in [1.807, 2.05) is 27.7 Å². The van der Waals surface area contributed by atoms with Crippen LogP contribution in [0.4, 0.5) is 4.79 Å². The van der Waals surface area contributed by atoms with Crippen molar-refractivity contribution in [1.82, 2.24) is 4.90 Å². The Bertz CT molecular complexity index is 321. The molecule has 0 saturated heterocycles. The van der Waals surface area contributed by atoms with Crippen LogP contribution in [0.2, 0.25) is 0 Å². The topological polar surface area (TPSA) is 55.8 Å². The van der Waals surface area contributed by atoms with Crippen LogP contribution in [0.1, 0.15) is 34.1 Å². The quantitative estimate of drug-likeness (QED) is 0.723. The molecule has 2 atom stereocenters. The van der Waals surface area contributed by atoms with Crippen molar-refractivity contribution in [3.63, 3.8) is 0 Å². The summed E-state index contributed by atoms with van der Waals surface area (Å²) >= 11 is 0. The smallest absolute Gasteiger partial charge is 0.410 e. The molecule has 5 nitrogen and oxygen atoms in total. The Hall–Kier alpha value is -1.26. The van der Waals surface area contributed by atoms with Gasteiger partial charge in [-0.1, -0.05) is 6.92 Å². The van der Waals surface area contributed by atoms with E-state index in [4.69, 9.17) is 9.47 Å². The van der Waals surface area contributed by atoms with E-state index in [0.717, 1.165) is 6.42 Å². The van der Waals surface area contributed by atoms with Crippen LogP contribution in [0.5, 0.6) is 0 Å². The zero-order valence-electron chi connectivity index (χ0n) is 11.9. The third-order valence-electron chi connectivity index (χ3n) is 2.79. The molecule has 0 aromatic rings. The number of rotatable bonds is 4. The number of esters is 1. The zero-order chi connectivity index (χ0) is 13.9. The van der Waals surface area contributed by atoms with Crippen molar-refractivity contribution in [3.8, 4) is 0 Å². The molecule has 1 rings (SSSR count). The largest absolute Gasteiger partial charge is 0.464 e. The molecule has 0 aromatic carbocycles. The van der Waals surface area contributed by atoms with Crippen LogP contribution in [0.3, 0.4) is 0 Å². The van der Waals surface area contributed by atoms with E-state index in [1.165, 1.54) is 4.90 Å². The summed E-state index contributed by atoms with van der Waals surface area (Å²) in [4.78, 5) is 24.4. The molecule has 1 amide bonds. The first-order valence-corrected chi connectivity index (χ1v) is 6.31. The van der Waals surface area contributed by atoms with E-state index in [-0.39, 0.29) is 18.5 Å². The summed E-state index contributed by atoms with van der Waals surface area (Å²) in [6, 6.07) is 0. The molecule has 1 aliphatic rings. The maximum Gasteiger partial charge on any atom is 0.410 e. The van der Waals surface area contributed by atoms with Gasteiger partial charge in [-0.05, 0) is 33.1 Å². The van der Waals surface area contributed by atoms with Gasteiger partial charge in [0, 0.05) is 7.05 Å². The normalized spacial score (nSPS) is 22.3. The summed E-state index contributed by atoms with van der Waals surface area (Å²) in [5, 5.41) is 0. The predicted molar refractivity (Wildman–Crippen MR) is 67.1 cm³/mol. The molecule has 0 unspecified atom stereocenters. The van der Waals surface area contributed by atoms with Crippen LogP contribution < -0.4 is 0 Å². The van der Waals surface area contributed by atoms with Gasteiger partial charge in [0.2, 0.25) is 0 Å². The Morgan fingerprint density at radius 2 is 1.89 bits per heavy atom. The lowest BCUT2D eigenvalue weighted by atomic mass is 10.2. The Labute approximate surface area is 108 Å². The standard InChI is InChI=1S/C13H23NO4/c1-9-8-10(9)11(15)17-7-6-14(5)12(16)18-13(2,3)4/h9-10H,6-8H2,1-5H3/t9-,10+/m1/s1. The highest BCUT2D eigenvalue weighted by Gasteiger charge is 2.40. The monoisotopic (exact) mass is 257 g/mol. The third-order valence-corrected chi connectivity index (χ3v) is 2.79. The van der Waals surface area contributed by atoms with Crippen LogP contribution >= 0.6 is 0 Å². The molecule has 0 aromatic heterocycles. The van der Waals surface area contributed by atoms with E-state index in [0.29, 0.717) is 12.5 Å². The van der Waals surface area contributed by atoms with Gasteiger partial charge in [0.25, 0.3) is 0 Å². The number of amides is 1. The van der Waals surface area contributed by atoms with E-state index in [1.54, 1.807) is 7.05 Å². The molecule has 1 saturated carbocycles. The van der Waals surface area contributed by atoms with Crippen molar-refractivity contribution in [2.75, 3.05) is 20.2 Å².